The number of halogens is 2. The lowest BCUT2D eigenvalue weighted by atomic mass is 10.2. The number of hydrogen-bond acceptors (Lipinski definition) is 4. The number of nitrogens with zero attached hydrogens (tertiary/aromatic N) is 2. The van der Waals surface area contributed by atoms with Crippen LogP contribution in [0.3, 0.4) is 0 Å². The fraction of sp³-hybridized carbons (Fsp3) is 0. The Hall–Kier alpha value is -1.60. The van der Waals surface area contributed by atoms with Crippen molar-refractivity contribution in [3.8, 4) is 5.75 Å². The highest BCUT2D eigenvalue weighted by Gasteiger charge is 2.06. The van der Waals surface area contributed by atoms with Crippen LogP contribution in [0.4, 0.5) is 11.5 Å². The molecule has 0 aliphatic rings. The summed E-state index contributed by atoms with van der Waals surface area (Å²) >= 11 is 8.15. The summed E-state index contributed by atoms with van der Waals surface area (Å²) < 4.78 is 1.11. The van der Waals surface area contributed by atoms with E-state index in [2.05, 4.69) is 37.9 Å². The molecule has 0 saturated carbocycles. The maximum absolute atomic E-state index is 9.43. The number of rotatable bonds is 2. The lowest BCUT2D eigenvalue weighted by molar-refractivity contribution is 0.475. The Morgan fingerprint density at radius 3 is 2.75 bits per heavy atom. The number of nitrogens with one attached hydrogen (secondary N) is 1. The van der Waals surface area contributed by atoms with Gasteiger partial charge in [0.15, 0.2) is 0 Å². The summed E-state index contributed by atoms with van der Waals surface area (Å²) in [5.41, 5.74) is 1.62. The van der Waals surface area contributed by atoms with Crippen LogP contribution in [0, 0.1) is 3.57 Å². The maximum atomic E-state index is 9.43. The number of fused-ring (bicyclic) bond motifs is 1. The van der Waals surface area contributed by atoms with Crippen molar-refractivity contribution in [3.05, 3.63) is 51.3 Å². The van der Waals surface area contributed by atoms with Crippen LogP contribution in [0.15, 0.2) is 42.7 Å². The molecular formula is C14H9ClIN3O. The Bertz CT molecular complexity index is 794. The molecule has 3 aromatic rings. The molecule has 0 saturated heterocycles. The summed E-state index contributed by atoms with van der Waals surface area (Å²) in [6.45, 7) is 0. The van der Waals surface area contributed by atoms with Gasteiger partial charge in [0, 0.05) is 14.6 Å². The largest absolute Gasteiger partial charge is 0.506 e. The molecule has 1 aromatic heterocycles. The molecule has 0 aliphatic heterocycles. The van der Waals surface area contributed by atoms with E-state index in [9.17, 15) is 5.11 Å². The fourth-order valence-electron chi connectivity index (χ4n) is 1.85. The van der Waals surface area contributed by atoms with Crippen molar-refractivity contribution in [1.29, 1.82) is 0 Å². The molecule has 0 amide bonds. The molecule has 0 bridgehead atoms. The molecule has 6 heteroatoms. The highest BCUT2D eigenvalue weighted by Crippen LogP contribution is 2.29. The highest BCUT2D eigenvalue weighted by atomic mass is 127. The average Bonchev–Trinajstić information content (AvgIpc) is 2.44. The van der Waals surface area contributed by atoms with Gasteiger partial charge in [-0.3, -0.25) is 0 Å². The number of hydrogen-bond donors (Lipinski definition) is 2. The molecule has 3 rings (SSSR count). The molecule has 0 fully saturated rings. The Kier molecular flexibility index (Phi) is 3.62. The number of aromatic hydroxyl groups is 1. The first kappa shape index (κ1) is 13.4. The third kappa shape index (κ3) is 2.64. The first-order chi connectivity index (χ1) is 9.63. The van der Waals surface area contributed by atoms with Crippen molar-refractivity contribution in [2.45, 2.75) is 0 Å². The monoisotopic (exact) mass is 397 g/mol. The van der Waals surface area contributed by atoms with Crippen LogP contribution >= 0.6 is 34.2 Å². The van der Waals surface area contributed by atoms with Crippen LogP contribution < -0.4 is 5.32 Å². The Labute approximate surface area is 134 Å². The summed E-state index contributed by atoms with van der Waals surface area (Å²) in [6.07, 6.45) is 1.51. The van der Waals surface area contributed by atoms with Gasteiger partial charge in [0.25, 0.3) is 0 Å². The summed E-state index contributed by atoms with van der Waals surface area (Å²) in [6, 6.07) is 10.9. The quantitative estimate of drug-likeness (QED) is 0.499. The van der Waals surface area contributed by atoms with E-state index in [1.54, 1.807) is 12.1 Å². The zero-order valence-electron chi connectivity index (χ0n) is 10.1. The lowest BCUT2D eigenvalue weighted by Crippen LogP contribution is -1.96. The second-order valence-corrected chi connectivity index (χ2v) is 5.83. The number of anilines is 2. The molecule has 2 aromatic carbocycles. The number of phenols is 1. The SMILES string of the molecule is Oc1ccc(Nc2ncnc3ccc(I)cc23)cc1Cl. The van der Waals surface area contributed by atoms with E-state index in [4.69, 9.17) is 11.6 Å². The van der Waals surface area contributed by atoms with E-state index in [0.717, 1.165) is 20.2 Å². The zero-order valence-corrected chi connectivity index (χ0v) is 13.1. The standard InChI is InChI=1S/C14H9ClIN3O/c15-11-6-9(2-4-13(11)20)19-14-10-5-8(16)1-3-12(10)17-7-18-14/h1-7,20H,(H,17,18,19). The van der Waals surface area contributed by atoms with Crippen molar-refractivity contribution < 1.29 is 5.11 Å². The zero-order chi connectivity index (χ0) is 14.1. The van der Waals surface area contributed by atoms with Crippen LogP contribution in [-0.4, -0.2) is 15.1 Å². The summed E-state index contributed by atoms with van der Waals surface area (Å²) in [4.78, 5) is 8.50. The van der Waals surface area contributed by atoms with E-state index < -0.39 is 0 Å². The van der Waals surface area contributed by atoms with Crippen LogP contribution in [0.5, 0.6) is 5.75 Å². The highest BCUT2D eigenvalue weighted by molar-refractivity contribution is 14.1. The number of aromatic nitrogens is 2. The first-order valence-electron chi connectivity index (χ1n) is 5.79. The first-order valence-corrected chi connectivity index (χ1v) is 7.25. The molecule has 0 unspecified atom stereocenters. The van der Waals surface area contributed by atoms with Gasteiger partial charge in [0.2, 0.25) is 0 Å². The molecule has 1 heterocycles. The molecular weight excluding hydrogens is 389 g/mol. The van der Waals surface area contributed by atoms with Gasteiger partial charge in [-0.15, -0.1) is 0 Å². The van der Waals surface area contributed by atoms with E-state index in [-0.39, 0.29) is 5.75 Å². The van der Waals surface area contributed by atoms with Gasteiger partial charge in [0.1, 0.15) is 17.9 Å². The third-order valence-electron chi connectivity index (χ3n) is 2.81. The van der Waals surface area contributed by atoms with E-state index in [1.807, 2.05) is 18.2 Å². The lowest BCUT2D eigenvalue weighted by Gasteiger charge is -2.09. The molecule has 0 radical (unpaired) electrons. The molecule has 2 N–H and O–H groups in total. The number of benzene rings is 2. The number of phenolic OH excluding ortho intramolecular Hbond substituents is 1. The smallest absolute Gasteiger partial charge is 0.141 e. The van der Waals surface area contributed by atoms with Gasteiger partial charge < -0.3 is 10.4 Å². The Balaban J connectivity index is 2.05. The summed E-state index contributed by atoms with van der Waals surface area (Å²) in [5.74, 6) is 0.759. The van der Waals surface area contributed by atoms with Crippen molar-refractivity contribution in [1.82, 2.24) is 9.97 Å². The van der Waals surface area contributed by atoms with Crippen LogP contribution in [0.2, 0.25) is 5.02 Å². The molecule has 20 heavy (non-hydrogen) atoms. The minimum atomic E-state index is 0.0549. The van der Waals surface area contributed by atoms with E-state index >= 15 is 0 Å². The molecule has 0 atom stereocenters. The molecule has 100 valence electrons. The van der Waals surface area contributed by atoms with Crippen molar-refractivity contribution in [2.75, 3.05) is 5.32 Å². The topological polar surface area (TPSA) is 58.0 Å². The fourth-order valence-corrected chi connectivity index (χ4v) is 2.52. The second kappa shape index (κ2) is 5.41. The maximum Gasteiger partial charge on any atom is 0.141 e. The van der Waals surface area contributed by atoms with Gasteiger partial charge in [-0.05, 0) is 59.0 Å². The van der Waals surface area contributed by atoms with Gasteiger partial charge >= 0.3 is 0 Å². The Morgan fingerprint density at radius 1 is 1.10 bits per heavy atom. The Morgan fingerprint density at radius 2 is 1.95 bits per heavy atom. The predicted molar refractivity (Wildman–Crippen MR) is 88.7 cm³/mol. The average molecular weight is 398 g/mol. The second-order valence-electron chi connectivity index (χ2n) is 4.17. The predicted octanol–water partition coefficient (Wildman–Crippen LogP) is 4.34. The summed E-state index contributed by atoms with van der Waals surface area (Å²) in [5, 5.41) is 13.9. The van der Waals surface area contributed by atoms with Crippen LogP contribution in [0.25, 0.3) is 10.9 Å². The molecule has 0 spiro atoms. The molecule has 0 aliphatic carbocycles. The summed E-state index contributed by atoms with van der Waals surface area (Å²) in [7, 11) is 0. The van der Waals surface area contributed by atoms with E-state index in [0.29, 0.717) is 10.8 Å². The van der Waals surface area contributed by atoms with Crippen LogP contribution in [-0.2, 0) is 0 Å². The normalized spacial score (nSPS) is 10.7. The van der Waals surface area contributed by atoms with Gasteiger partial charge in [-0.1, -0.05) is 11.6 Å². The van der Waals surface area contributed by atoms with Crippen molar-refractivity contribution >= 4 is 56.6 Å². The minimum absolute atomic E-state index is 0.0549. The van der Waals surface area contributed by atoms with Crippen molar-refractivity contribution in [2.24, 2.45) is 0 Å². The third-order valence-corrected chi connectivity index (χ3v) is 3.78. The van der Waals surface area contributed by atoms with E-state index in [1.165, 1.54) is 12.4 Å². The molecule has 4 nitrogen and oxygen atoms in total. The van der Waals surface area contributed by atoms with Crippen LogP contribution in [0.1, 0.15) is 0 Å². The van der Waals surface area contributed by atoms with Crippen molar-refractivity contribution in [3.63, 3.8) is 0 Å². The van der Waals surface area contributed by atoms with Gasteiger partial charge in [-0.25, -0.2) is 9.97 Å². The van der Waals surface area contributed by atoms with Gasteiger partial charge in [0.05, 0.1) is 10.5 Å². The minimum Gasteiger partial charge on any atom is -0.506 e. The van der Waals surface area contributed by atoms with Gasteiger partial charge in [-0.2, -0.15) is 0 Å².